The van der Waals surface area contributed by atoms with E-state index in [0.717, 1.165) is 5.69 Å². The fraction of sp³-hybridized carbons (Fsp3) is 0.435. The summed E-state index contributed by atoms with van der Waals surface area (Å²) in [6.07, 6.45) is -0.0938. The number of benzene rings is 2. The molecular formula is C23H29F6N4O3P. The number of halogens is 6. The Morgan fingerprint density at radius 1 is 0.865 bits per heavy atom. The number of carbonyl (C=O) groups excluding carboxylic acids is 1. The van der Waals surface area contributed by atoms with Gasteiger partial charge in [0.15, 0.2) is 10.7 Å². The molecule has 0 atom stereocenters. The van der Waals surface area contributed by atoms with Gasteiger partial charge in [-0.1, -0.05) is 18.2 Å². The molecule has 0 radical (unpaired) electrons. The Bertz CT molecular complexity index is 1120. The molecule has 14 heteroatoms. The first-order chi connectivity index (χ1) is 16.8. The van der Waals surface area contributed by atoms with E-state index in [1.165, 1.54) is 0 Å². The van der Waals surface area contributed by atoms with E-state index >= 15 is 0 Å². The van der Waals surface area contributed by atoms with Crippen LogP contribution in [0.3, 0.4) is 0 Å². The first kappa shape index (κ1) is 30.0. The third-order valence-corrected chi connectivity index (χ3v) is 4.80. The normalized spacial score (nSPS) is 15.8. The molecule has 0 bridgehead atoms. The zero-order valence-corrected chi connectivity index (χ0v) is 21.6. The molecule has 1 aliphatic rings. The van der Waals surface area contributed by atoms with Crippen molar-refractivity contribution in [2.75, 3.05) is 31.1 Å². The summed E-state index contributed by atoms with van der Waals surface area (Å²) in [6.45, 7) is 10.3. The molecule has 0 aromatic heterocycles. The molecule has 0 unspecified atom stereocenters. The number of rotatable bonds is 6. The first-order valence-electron chi connectivity index (χ1n) is 11.4. The Hall–Kier alpha value is -3.26. The van der Waals surface area contributed by atoms with Gasteiger partial charge in [-0.25, -0.2) is 0 Å². The number of carbonyl (C=O) groups is 1. The number of amides is 1. The number of hydrogen-bond donors (Lipinski definition) is 0. The molecule has 1 heterocycles. The van der Waals surface area contributed by atoms with Crippen molar-refractivity contribution in [3.63, 3.8) is 0 Å². The molecule has 0 saturated carbocycles. The Morgan fingerprint density at radius 3 is 1.81 bits per heavy atom. The first-order valence-corrected chi connectivity index (χ1v) is 13.4. The molecule has 1 saturated heterocycles. The summed E-state index contributed by atoms with van der Waals surface area (Å²) in [7, 11) is -10.7. The summed E-state index contributed by atoms with van der Waals surface area (Å²) < 4.78 is 71.0. The fourth-order valence-electron chi connectivity index (χ4n) is 3.47. The van der Waals surface area contributed by atoms with Crippen LogP contribution in [-0.2, 0) is 0 Å². The number of hydrogen-bond acceptors (Lipinski definition) is 5. The van der Waals surface area contributed by atoms with Crippen molar-refractivity contribution >= 4 is 25.1 Å². The maximum absolute atomic E-state index is 12.7. The molecule has 1 fully saturated rings. The van der Waals surface area contributed by atoms with Crippen molar-refractivity contribution < 1.29 is 39.4 Å². The van der Waals surface area contributed by atoms with Crippen molar-refractivity contribution in [3.05, 3.63) is 53.0 Å². The van der Waals surface area contributed by atoms with Crippen LogP contribution in [0.25, 0.3) is 4.98 Å². The van der Waals surface area contributed by atoms with Gasteiger partial charge < -0.3 is 19.3 Å². The molecule has 206 valence electrons. The molecule has 2 aromatic carbocycles. The summed E-state index contributed by atoms with van der Waals surface area (Å²) in [4.78, 5) is 20.2. The van der Waals surface area contributed by atoms with E-state index in [-0.39, 0.29) is 18.1 Å². The average Bonchev–Trinajstić information content (AvgIpc) is 2.77. The molecule has 2 aromatic rings. The zero-order chi connectivity index (χ0) is 28.1. The van der Waals surface area contributed by atoms with Gasteiger partial charge in [0.25, 0.3) is 5.91 Å². The van der Waals surface area contributed by atoms with Gasteiger partial charge in [0, 0.05) is 37.8 Å². The number of anilines is 1. The Morgan fingerprint density at radius 2 is 1.35 bits per heavy atom. The van der Waals surface area contributed by atoms with E-state index < -0.39 is 7.81 Å². The number of nitrogens with zero attached hydrogens (tertiary/aromatic N) is 4. The predicted molar refractivity (Wildman–Crippen MR) is 131 cm³/mol. The second-order valence-electron chi connectivity index (χ2n) is 8.82. The van der Waals surface area contributed by atoms with Crippen LogP contribution in [0.4, 0.5) is 36.6 Å². The maximum atomic E-state index is 12.7. The SMILES string of the molecule is CC(C)Oc1cc(N2CCN(C(=O)c3ccccc3)CC2)c(OC(C)C)cc1[N+]#N.F[P-](F)(F)(F)(F)F. The van der Waals surface area contributed by atoms with E-state index in [2.05, 4.69) is 9.88 Å². The van der Waals surface area contributed by atoms with Crippen LogP contribution in [0.1, 0.15) is 38.1 Å². The van der Waals surface area contributed by atoms with E-state index in [9.17, 15) is 35.4 Å². The number of diazo groups is 1. The van der Waals surface area contributed by atoms with Crippen molar-refractivity contribution in [2.24, 2.45) is 0 Å². The van der Waals surface area contributed by atoms with Gasteiger partial charge >= 0.3 is 38.7 Å². The molecule has 0 spiro atoms. The zero-order valence-electron chi connectivity index (χ0n) is 20.8. The van der Waals surface area contributed by atoms with Gasteiger partial charge in [-0.2, -0.15) is 0 Å². The molecule has 1 amide bonds. The Labute approximate surface area is 210 Å². The van der Waals surface area contributed by atoms with Gasteiger partial charge in [0.2, 0.25) is 11.1 Å². The number of piperazine rings is 1. The fourth-order valence-corrected chi connectivity index (χ4v) is 3.47. The van der Waals surface area contributed by atoms with Crippen LogP contribution in [0.15, 0.2) is 42.5 Å². The van der Waals surface area contributed by atoms with Crippen molar-refractivity contribution in [1.29, 1.82) is 5.39 Å². The van der Waals surface area contributed by atoms with E-state index in [1.807, 2.05) is 69.0 Å². The van der Waals surface area contributed by atoms with Crippen LogP contribution >= 0.6 is 7.81 Å². The second kappa shape index (κ2) is 10.6. The molecule has 37 heavy (non-hydrogen) atoms. The Kier molecular flexibility index (Phi) is 8.60. The van der Waals surface area contributed by atoms with E-state index in [0.29, 0.717) is 48.9 Å². The van der Waals surface area contributed by atoms with Gasteiger partial charge in [0.1, 0.15) is 0 Å². The Balaban J connectivity index is 0.000000604. The van der Waals surface area contributed by atoms with Crippen LogP contribution in [0, 0.1) is 5.39 Å². The third-order valence-electron chi connectivity index (χ3n) is 4.80. The summed E-state index contributed by atoms with van der Waals surface area (Å²) in [5.41, 5.74) is 1.91. The molecule has 1 aliphatic heterocycles. The summed E-state index contributed by atoms with van der Waals surface area (Å²) >= 11 is 0. The number of ether oxygens (including phenoxy) is 2. The van der Waals surface area contributed by atoms with Gasteiger partial charge in [-0.05, 0) is 39.8 Å². The van der Waals surface area contributed by atoms with Crippen LogP contribution in [-0.4, -0.2) is 49.2 Å². The molecular weight excluding hydrogens is 525 g/mol. The third kappa shape index (κ3) is 11.1. The minimum atomic E-state index is -10.7. The quantitative estimate of drug-likeness (QED) is 0.205. The standard InChI is InChI=1S/C23H29N4O3.F6P/c1-16(2)29-21-15-20(22(30-17(3)4)14-19(21)25-24)26-10-12-27(13-11-26)23(28)18-8-6-5-7-9-18;1-7(2,3,4,5)6/h5-9,14-17H,10-13H2,1-4H3;/q+1;-1. The molecule has 0 N–H and O–H groups in total. The molecule has 3 rings (SSSR count). The summed E-state index contributed by atoms with van der Waals surface area (Å²) in [6, 6.07) is 12.9. The van der Waals surface area contributed by atoms with Crippen molar-refractivity contribution in [3.8, 4) is 11.5 Å². The van der Waals surface area contributed by atoms with E-state index in [4.69, 9.17) is 9.47 Å². The van der Waals surface area contributed by atoms with Crippen LogP contribution in [0.5, 0.6) is 11.5 Å². The van der Waals surface area contributed by atoms with Gasteiger partial charge in [0.05, 0.1) is 24.0 Å². The van der Waals surface area contributed by atoms with Gasteiger partial charge in [-0.3, -0.25) is 4.79 Å². The average molecular weight is 554 g/mol. The minimum absolute atomic E-state index is 0.0342. The van der Waals surface area contributed by atoms with Crippen LogP contribution in [0.2, 0.25) is 0 Å². The monoisotopic (exact) mass is 554 g/mol. The molecule has 0 aliphatic carbocycles. The summed E-state index contributed by atoms with van der Waals surface area (Å²) in [5, 5.41) is 9.43. The predicted octanol–water partition coefficient (Wildman–Crippen LogP) is 8.09. The molecule has 7 nitrogen and oxygen atoms in total. The topological polar surface area (TPSA) is 70.2 Å². The summed E-state index contributed by atoms with van der Waals surface area (Å²) in [5.74, 6) is 1.19. The van der Waals surface area contributed by atoms with Crippen molar-refractivity contribution in [1.82, 2.24) is 4.90 Å². The second-order valence-corrected chi connectivity index (χ2v) is 10.7. The van der Waals surface area contributed by atoms with Crippen LogP contribution < -0.4 is 14.4 Å². The van der Waals surface area contributed by atoms with Crippen molar-refractivity contribution in [2.45, 2.75) is 39.9 Å². The van der Waals surface area contributed by atoms with Gasteiger partial charge in [-0.15, -0.1) is 0 Å². The van der Waals surface area contributed by atoms with E-state index in [1.54, 1.807) is 6.07 Å².